The number of carbonyl (C=O) groups excluding carboxylic acids is 1. The summed E-state index contributed by atoms with van der Waals surface area (Å²) in [5.74, 6) is -0.300. The van der Waals surface area contributed by atoms with Crippen molar-refractivity contribution in [3.8, 4) is 17.5 Å². The number of hydrogen-bond donors (Lipinski definition) is 1. The van der Waals surface area contributed by atoms with Gasteiger partial charge in [0.1, 0.15) is 5.69 Å². The Balaban J connectivity index is 1.72. The molecule has 2 aromatic heterocycles. The predicted octanol–water partition coefficient (Wildman–Crippen LogP) is 3.83. The molecule has 0 radical (unpaired) electrons. The van der Waals surface area contributed by atoms with E-state index >= 15 is 0 Å². The number of carbonyl (C=O) groups is 2. The maximum absolute atomic E-state index is 13.6. The van der Waals surface area contributed by atoms with Gasteiger partial charge >= 0.3 is 17.7 Å². The van der Waals surface area contributed by atoms with Crippen molar-refractivity contribution in [1.82, 2.24) is 19.9 Å². The molecule has 13 heteroatoms. The van der Waals surface area contributed by atoms with Crippen molar-refractivity contribution in [2.75, 3.05) is 31.6 Å². The standard InChI is InChI=1S/C30H31N7O6/c1-19-22(9-6-14-32-19)26-33-24(17-30(28(38)43-2)12-5-8-20-7-3-4-10-23(20)30)25(37(41)42)27(34-26)35-15-16-36(29(39)40)21(18-35)11-13-31/h3-4,6-7,9-10,14,21H,5,8,11-12,15-18H2,1-2H3,(H,39,40)/t21-,30?/m0/s1. The van der Waals surface area contributed by atoms with Gasteiger partial charge in [-0.15, -0.1) is 0 Å². The largest absolute Gasteiger partial charge is 0.468 e. The monoisotopic (exact) mass is 585 g/mol. The van der Waals surface area contributed by atoms with Crippen LogP contribution in [-0.2, 0) is 27.8 Å². The molecular formula is C30H31N7O6. The number of anilines is 1. The van der Waals surface area contributed by atoms with Gasteiger partial charge in [0, 0.05) is 43.5 Å². The Labute approximate surface area is 247 Å². The molecule has 3 heterocycles. The molecule has 1 amide bonds. The lowest BCUT2D eigenvalue weighted by molar-refractivity contribution is -0.385. The normalized spacial score (nSPS) is 19.7. The number of methoxy groups -OCH3 is 1. The molecular weight excluding hydrogens is 554 g/mol. The summed E-state index contributed by atoms with van der Waals surface area (Å²) in [6.07, 6.45) is 2.11. The van der Waals surface area contributed by atoms with Crippen LogP contribution >= 0.6 is 0 Å². The molecule has 1 aliphatic carbocycles. The van der Waals surface area contributed by atoms with Gasteiger partial charge in [0.15, 0.2) is 5.82 Å². The number of ether oxygens (including phenoxy) is 1. The summed E-state index contributed by atoms with van der Waals surface area (Å²) < 4.78 is 5.31. The molecule has 1 unspecified atom stereocenters. The number of aromatic nitrogens is 3. The third-order valence-electron chi connectivity index (χ3n) is 8.35. The summed E-state index contributed by atoms with van der Waals surface area (Å²) in [6, 6.07) is 12.3. The number of amides is 1. The number of rotatable bonds is 7. The maximum atomic E-state index is 13.6. The topological polar surface area (TPSA) is 176 Å². The van der Waals surface area contributed by atoms with Crippen LogP contribution in [-0.4, -0.2) is 74.7 Å². The van der Waals surface area contributed by atoms with Crippen molar-refractivity contribution in [3.05, 3.63) is 75.2 Å². The fourth-order valence-electron chi connectivity index (χ4n) is 6.31. The fourth-order valence-corrected chi connectivity index (χ4v) is 6.31. The minimum Gasteiger partial charge on any atom is -0.468 e. The molecule has 3 aromatic rings. The van der Waals surface area contributed by atoms with Crippen LogP contribution in [0, 0.1) is 28.4 Å². The summed E-state index contributed by atoms with van der Waals surface area (Å²) in [5.41, 5.74) is 1.39. The number of esters is 1. The van der Waals surface area contributed by atoms with Crippen LogP contribution in [0.5, 0.6) is 0 Å². The molecule has 2 aliphatic rings. The Morgan fingerprint density at radius 2 is 2.02 bits per heavy atom. The minimum atomic E-state index is -1.22. The molecule has 0 spiro atoms. The minimum absolute atomic E-state index is 0.00495. The molecule has 1 N–H and O–H groups in total. The Morgan fingerprint density at radius 3 is 2.72 bits per heavy atom. The number of hydrogen-bond acceptors (Lipinski definition) is 10. The van der Waals surface area contributed by atoms with Crippen molar-refractivity contribution in [2.45, 2.75) is 50.5 Å². The van der Waals surface area contributed by atoms with E-state index < -0.39 is 28.4 Å². The van der Waals surface area contributed by atoms with Crippen molar-refractivity contribution in [2.24, 2.45) is 0 Å². The van der Waals surface area contributed by atoms with Gasteiger partial charge in [-0.1, -0.05) is 24.3 Å². The lowest BCUT2D eigenvalue weighted by atomic mass is 9.67. The smallest absolute Gasteiger partial charge is 0.407 e. The predicted molar refractivity (Wildman–Crippen MR) is 154 cm³/mol. The van der Waals surface area contributed by atoms with E-state index in [4.69, 9.17) is 9.72 Å². The third-order valence-corrected chi connectivity index (χ3v) is 8.35. The number of aryl methyl sites for hydroxylation is 2. The molecule has 0 saturated carbocycles. The fraction of sp³-hybridized carbons (Fsp3) is 0.400. The second-order valence-corrected chi connectivity index (χ2v) is 10.8. The molecule has 5 rings (SSSR count). The summed E-state index contributed by atoms with van der Waals surface area (Å²) in [4.78, 5) is 54.3. The van der Waals surface area contributed by atoms with Gasteiger partial charge in [0.25, 0.3) is 0 Å². The lowest BCUT2D eigenvalue weighted by Gasteiger charge is -2.39. The van der Waals surface area contributed by atoms with E-state index in [9.17, 15) is 30.1 Å². The van der Waals surface area contributed by atoms with E-state index in [1.165, 1.54) is 12.0 Å². The highest BCUT2D eigenvalue weighted by Gasteiger charge is 2.47. The van der Waals surface area contributed by atoms with Gasteiger partial charge in [-0.25, -0.2) is 14.8 Å². The first kappa shape index (κ1) is 29.4. The Bertz CT molecular complexity index is 1620. The number of nitro groups is 1. The maximum Gasteiger partial charge on any atom is 0.407 e. The molecule has 0 bridgehead atoms. The number of carboxylic acid groups (broad SMARTS) is 1. The Kier molecular flexibility index (Phi) is 8.20. The Hall–Kier alpha value is -5.12. The SMILES string of the molecule is COC(=O)C1(Cc2nc(-c3cccnc3C)nc(N3CCN(C(=O)O)[C@@H](CC#N)C3)c2[N+](=O)[O-])CCCc2ccccc21. The zero-order chi connectivity index (χ0) is 30.7. The quantitative estimate of drug-likeness (QED) is 0.242. The van der Waals surface area contributed by atoms with Crippen LogP contribution in [0.15, 0.2) is 42.6 Å². The van der Waals surface area contributed by atoms with Crippen LogP contribution in [0.2, 0.25) is 0 Å². The zero-order valence-electron chi connectivity index (χ0n) is 23.9. The van der Waals surface area contributed by atoms with E-state index in [-0.39, 0.29) is 55.5 Å². The molecule has 1 saturated heterocycles. The third kappa shape index (κ3) is 5.43. The van der Waals surface area contributed by atoms with Crippen LogP contribution in [0.25, 0.3) is 11.4 Å². The number of nitriles is 1. The van der Waals surface area contributed by atoms with E-state index in [0.717, 1.165) is 17.5 Å². The second-order valence-electron chi connectivity index (χ2n) is 10.8. The molecule has 1 fully saturated rings. The van der Waals surface area contributed by atoms with E-state index in [0.29, 0.717) is 24.1 Å². The average Bonchev–Trinajstić information content (AvgIpc) is 3.00. The first-order valence-electron chi connectivity index (χ1n) is 14.0. The molecule has 2 atom stereocenters. The van der Waals surface area contributed by atoms with Crippen molar-refractivity contribution in [1.29, 1.82) is 5.26 Å². The van der Waals surface area contributed by atoms with Gasteiger partial charge in [-0.05, 0) is 49.4 Å². The molecule has 13 nitrogen and oxygen atoms in total. The summed E-state index contributed by atoms with van der Waals surface area (Å²) in [7, 11) is 1.31. The van der Waals surface area contributed by atoms with Gasteiger partial charge < -0.3 is 19.6 Å². The molecule has 43 heavy (non-hydrogen) atoms. The highest BCUT2D eigenvalue weighted by Crippen LogP contribution is 2.44. The number of benzene rings is 1. The van der Waals surface area contributed by atoms with Gasteiger partial charge in [0.2, 0.25) is 5.82 Å². The summed E-state index contributed by atoms with van der Waals surface area (Å²) in [6.45, 7) is 1.94. The second kappa shape index (κ2) is 12.0. The van der Waals surface area contributed by atoms with Gasteiger partial charge in [-0.2, -0.15) is 5.26 Å². The summed E-state index contributed by atoms with van der Waals surface area (Å²) in [5, 5.41) is 31.9. The van der Waals surface area contributed by atoms with Crippen LogP contribution in [0.4, 0.5) is 16.3 Å². The molecule has 1 aliphatic heterocycles. The van der Waals surface area contributed by atoms with Crippen molar-refractivity contribution in [3.63, 3.8) is 0 Å². The first-order valence-corrected chi connectivity index (χ1v) is 14.0. The number of nitrogens with zero attached hydrogens (tertiary/aromatic N) is 7. The highest BCUT2D eigenvalue weighted by molar-refractivity contribution is 5.85. The van der Waals surface area contributed by atoms with Gasteiger partial charge in [0.05, 0.1) is 36.0 Å². The number of fused-ring (bicyclic) bond motifs is 1. The average molecular weight is 586 g/mol. The van der Waals surface area contributed by atoms with Crippen molar-refractivity contribution >= 4 is 23.6 Å². The number of piperazine rings is 1. The van der Waals surface area contributed by atoms with E-state index in [1.54, 1.807) is 30.2 Å². The summed E-state index contributed by atoms with van der Waals surface area (Å²) >= 11 is 0. The zero-order valence-corrected chi connectivity index (χ0v) is 23.9. The Morgan fingerprint density at radius 1 is 1.23 bits per heavy atom. The van der Waals surface area contributed by atoms with Crippen molar-refractivity contribution < 1.29 is 24.4 Å². The van der Waals surface area contributed by atoms with E-state index in [1.807, 2.05) is 30.3 Å². The highest BCUT2D eigenvalue weighted by atomic mass is 16.6. The van der Waals surface area contributed by atoms with E-state index in [2.05, 4.69) is 9.97 Å². The van der Waals surface area contributed by atoms with Crippen LogP contribution in [0.1, 0.15) is 41.8 Å². The molecule has 222 valence electrons. The lowest BCUT2D eigenvalue weighted by Crippen LogP contribution is -2.55. The van der Waals surface area contributed by atoms with Crippen LogP contribution < -0.4 is 4.90 Å². The first-order chi connectivity index (χ1) is 20.7. The van der Waals surface area contributed by atoms with Gasteiger partial charge in [-0.3, -0.25) is 19.9 Å². The molecule has 1 aromatic carbocycles. The number of pyridine rings is 1. The van der Waals surface area contributed by atoms with Crippen LogP contribution in [0.3, 0.4) is 0 Å².